The zero-order valence-electron chi connectivity index (χ0n) is 18.6. The molecule has 0 saturated carbocycles. The maximum atomic E-state index is 12.7. The van der Waals surface area contributed by atoms with E-state index in [1.54, 1.807) is 11.3 Å². The number of nitrogens with zero attached hydrogens (tertiary/aromatic N) is 3. The van der Waals surface area contributed by atoms with E-state index in [0.29, 0.717) is 5.02 Å². The van der Waals surface area contributed by atoms with Gasteiger partial charge in [-0.1, -0.05) is 23.7 Å². The van der Waals surface area contributed by atoms with Gasteiger partial charge >= 0.3 is 5.97 Å². The van der Waals surface area contributed by atoms with Crippen LogP contribution in [0.5, 0.6) is 0 Å². The van der Waals surface area contributed by atoms with Crippen molar-refractivity contribution in [2.45, 2.75) is 65.6 Å². The molecule has 8 heteroatoms. The molecule has 0 saturated heterocycles. The summed E-state index contributed by atoms with van der Waals surface area (Å²) < 4.78 is 7.69. The molecule has 3 heterocycles. The third-order valence-electron chi connectivity index (χ3n) is 5.43. The number of rotatable bonds is 3. The first-order chi connectivity index (χ1) is 14.5. The van der Waals surface area contributed by atoms with Crippen LogP contribution in [-0.4, -0.2) is 26.3 Å². The van der Waals surface area contributed by atoms with E-state index >= 15 is 0 Å². The summed E-state index contributed by atoms with van der Waals surface area (Å²) in [6.45, 7) is 11.8. The van der Waals surface area contributed by atoms with Gasteiger partial charge in [-0.05, 0) is 64.8 Å². The number of fused-ring (bicyclic) bond motifs is 3. The fraction of sp³-hybridized carbons (Fsp3) is 0.435. The molecule has 0 spiro atoms. The largest absolute Gasteiger partial charge is 0.460 e. The lowest BCUT2D eigenvalue weighted by Crippen LogP contribution is -2.32. The smallest absolute Gasteiger partial charge is 0.308 e. The topological polar surface area (TPSA) is 69.0 Å². The number of aryl methyl sites for hydroxylation is 2. The number of hydrogen-bond acceptors (Lipinski definition) is 6. The second-order valence-electron chi connectivity index (χ2n) is 8.94. The summed E-state index contributed by atoms with van der Waals surface area (Å²) in [5.41, 5.74) is 2.94. The van der Waals surface area contributed by atoms with E-state index < -0.39 is 5.60 Å². The van der Waals surface area contributed by atoms with Gasteiger partial charge in [0.25, 0.3) is 0 Å². The lowest BCUT2D eigenvalue weighted by atomic mass is 9.96. The van der Waals surface area contributed by atoms with Gasteiger partial charge in [-0.3, -0.25) is 14.7 Å². The standard InChI is InChI=1S/C23H27ClN4O2S/c1-12-13(2)31-22-19(12)20(15-7-9-16(24)10-8-15)25-17(11-18(29)30-23(4,5)6)21-27-26-14(3)28(21)22/h7-10,17,20,25H,11H2,1-6H3/t17-,20?/m0/s1. The second-order valence-corrected chi connectivity index (χ2v) is 10.6. The quantitative estimate of drug-likeness (QED) is 0.534. The summed E-state index contributed by atoms with van der Waals surface area (Å²) in [6, 6.07) is 7.37. The lowest BCUT2D eigenvalue weighted by Gasteiger charge is -2.25. The van der Waals surface area contributed by atoms with Crippen LogP contribution in [0.15, 0.2) is 24.3 Å². The number of aromatic nitrogens is 3. The summed E-state index contributed by atoms with van der Waals surface area (Å²) >= 11 is 7.88. The van der Waals surface area contributed by atoms with Gasteiger partial charge in [-0.15, -0.1) is 21.5 Å². The molecular weight excluding hydrogens is 432 g/mol. The van der Waals surface area contributed by atoms with E-state index in [4.69, 9.17) is 16.3 Å². The average molecular weight is 459 g/mol. The molecule has 0 fully saturated rings. The Morgan fingerprint density at radius 3 is 2.52 bits per heavy atom. The Morgan fingerprint density at radius 1 is 1.19 bits per heavy atom. The zero-order valence-corrected chi connectivity index (χ0v) is 20.2. The fourth-order valence-electron chi connectivity index (χ4n) is 3.97. The summed E-state index contributed by atoms with van der Waals surface area (Å²) in [4.78, 5) is 14.0. The van der Waals surface area contributed by atoms with Crippen LogP contribution in [0, 0.1) is 20.8 Å². The van der Waals surface area contributed by atoms with Gasteiger partial charge in [0.2, 0.25) is 0 Å². The highest BCUT2D eigenvalue weighted by molar-refractivity contribution is 7.14. The molecule has 0 amide bonds. The second kappa shape index (κ2) is 8.04. The molecule has 164 valence electrons. The first-order valence-electron chi connectivity index (χ1n) is 10.3. The molecule has 3 aromatic rings. The molecule has 1 aliphatic heterocycles. The van der Waals surface area contributed by atoms with Crippen molar-refractivity contribution < 1.29 is 9.53 Å². The van der Waals surface area contributed by atoms with E-state index in [1.807, 2.05) is 52.0 Å². The predicted molar refractivity (Wildman–Crippen MR) is 123 cm³/mol. The molecule has 0 aliphatic carbocycles. The minimum absolute atomic E-state index is 0.120. The maximum Gasteiger partial charge on any atom is 0.308 e. The van der Waals surface area contributed by atoms with Crippen molar-refractivity contribution in [3.8, 4) is 5.00 Å². The van der Waals surface area contributed by atoms with Crippen LogP contribution in [0.4, 0.5) is 0 Å². The molecule has 4 rings (SSSR count). The minimum Gasteiger partial charge on any atom is -0.460 e. The molecule has 2 aromatic heterocycles. The lowest BCUT2D eigenvalue weighted by molar-refractivity contribution is -0.155. The van der Waals surface area contributed by atoms with Crippen molar-refractivity contribution in [2.24, 2.45) is 0 Å². The third-order valence-corrected chi connectivity index (χ3v) is 6.89. The van der Waals surface area contributed by atoms with Crippen molar-refractivity contribution in [3.63, 3.8) is 0 Å². The average Bonchev–Trinajstić information content (AvgIpc) is 3.14. The van der Waals surface area contributed by atoms with Gasteiger partial charge in [0.1, 0.15) is 16.4 Å². The van der Waals surface area contributed by atoms with Gasteiger partial charge in [-0.2, -0.15) is 0 Å². The number of esters is 1. The Balaban J connectivity index is 1.84. The normalized spacial score (nSPS) is 18.3. The monoisotopic (exact) mass is 458 g/mol. The molecule has 1 N–H and O–H groups in total. The number of nitrogens with one attached hydrogen (secondary N) is 1. The van der Waals surface area contributed by atoms with Crippen molar-refractivity contribution in [1.82, 2.24) is 20.1 Å². The van der Waals surface area contributed by atoms with Crippen LogP contribution in [0.2, 0.25) is 5.02 Å². The Kier molecular flexibility index (Phi) is 5.70. The number of carbonyl (C=O) groups excluding carboxylic acids is 1. The van der Waals surface area contributed by atoms with Gasteiger partial charge in [0.05, 0.1) is 18.5 Å². The Hall–Kier alpha value is -2.22. The number of halogens is 1. The molecule has 31 heavy (non-hydrogen) atoms. The first kappa shape index (κ1) is 22.0. The molecule has 6 nitrogen and oxygen atoms in total. The SMILES string of the molecule is Cc1sc2c(c1C)C(c1ccc(Cl)cc1)N[C@@H](CC(=O)OC(C)(C)C)c1nnc(C)n1-2. The molecule has 1 aliphatic rings. The van der Waals surface area contributed by atoms with Crippen LogP contribution in [-0.2, 0) is 9.53 Å². The summed E-state index contributed by atoms with van der Waals surface area (Å²) in [6.07, 6.45) is 0.159. The first-order valence-corrected chi connectivity index (χ1v) is 11.5. The van der Waals surface area contributed by atoms with Crippen LogP contribution >= 0.6 is 22.9 Å². The highest BCUT2D eigenvalue weighted by atomic mass is 35.5. The third kappa shape index (κ3) is 4.27. The number of hydrogen-bond donors (Lipinski definition) is 1. The molecule has 1 aromatic carbocycles. The van der Waals surface area contributed by atoms with E-state index in [1.165, 1.54) is 16.0 Å². The van der Waals surface area contributed by atoms with E-state index in [0.717, 1.165) is 22.2 Å². The van der Waals surface area contributed by atoms with Gasteiger partial charge < -0.3 is 4.74 Å². The summed E-state index contributed by atoms with van der Waals surface area (Å²) in [7, 11) is 0. The predicted octanol–water partition coefficient (Wildman–Crippen LogP) is 5.37. The Bertz CT molecular complexity index is 1130. The van der Waals surface area contributed by atoms with Crippen molar-refractivity contribution in [1.29, 1.82) is 0 Å². The summed E-state index contributed by atoms with van der Waals surface area (Å²) in [5.74, 6) is 1.25. The maximum absolute atomic E-state index is 12.7. The highest BCUT2D eigenvalue weighted by Crippen LogP contribution is 2.43. The van der Waals surface area contributed by atoms with Crippen LogP contribution < -0.4 is 5.32 Å². The van der Waals surface area contributed by atoms with Crippen LogP contribution in [0.1, 0.15) is 72.5 Å². The molecular formula is C23H27ClN4O2S. The number of benzene rings is 1. The van der Waals surface area contributed by atoms with Crippen molar-refractivity contribution in [3.05, 3.63) is 62.5 Å². The van der Waals surface area contributed by atoms with E-state index in [2.05, 4.69) is 33.9 Å². The van der Waals surface area contributed by atoms with E-state index in [9.17, 15) is 4.79 Å². The zero-order chi connectivity index (χ0) is 22.5. The van der Waals surface area contributed by atoms with Crippen LogP contribution in [0.25, 0.3) is 5.00 Å². The van der Waals surface area contributed by atoms with Crippen LogP contribution in [0.3, 0.4) is 0 Å². The van der Waals surface area contributed by atoms with Gasteiger partial charge in [-0.25, -0.2) is 0 Å². The number of carbonyl (C=O) groups is 1. The van der Waals surface area contributed by atoms with E-state index in [-0.39, 0.29) is 24.5 Å². The van der Waals surface area contributed by atoms with Gasteiger partial charge in [0.15, 0.2) is 5.82 Å². The van der Waals surface area contributed by atoms with Crippen molar-refractivity contribution in [2.75, 3.05) is 0 Å². The van der Waals surface area contributed by atoms with Gasteiger partial charge in [0, 0.05) is 15.5 Å². The molecule has 2 atom stereocenters. The fourth-order valence-corrected chi connectivity index (χ4v) is 5.34. The Morgan fingerprint density at radius 2 is 1.87 bits per heavy atom. The highest BCUT2D eigenvalue weighted by Gasteiger charge is 2.36. The Labute approximate surface area is 191 Å². The number of thiophene rings is 1. The summed E-state index contributed by atoms with van der Waals surface area (Å²) in [5, 5.41) is 14.3. The molecule has 1 unspecified atom stereocenters. The molecule has 0 radical (unpaired) electrons. The number of ether oxygens (including phenoxy) is 1. The molecule has 0 bridgehead atoms. The minimum atomic E-state index is -0.548. The van der Waals surface area contributed by atoms with Crippen molar-refractivity contribution >= 4 is 28.9 Å².